The molecule has 0 fully saturated rings. The normalized spacial score (nSPS) is 11.9. The molecular formula is C28H55ClO2. The van der Waals surface area contributed by atoms with Crippen molar-refractivity contribution in [1.82, 2.24) is 0 Å². The van der Waals surface area contributed by atoms with Crippen molar-refractivity contribution in [3.63, 3.8) is 0 Å². The van der Waals surface area contributed by atoms with Gasteiger partial charge in [-0.25, -0.2) is 0 Å². The lowest BCUT2D eigenvalue weighted by atomic mass is 10.1. The van der Waals surface area contributed by atoms with Crippen LogP contribution in [0.15, 0.2) is 12.2 Å². The highest BCUT2D eigenvalue weighted by Gasteiger charge is 2.09. The highest BCUT2D eigenvalue weighted by molar-refractivity contribution is 6.17. The predicted molar refractivity (Wildman–Crippen MR) is 139 cm³/mol. The molecule has 2 nitrogen and oxygen atoms in total. The van der Waals surface area contributed by atoms with Crippen LogP contribution in [-0.2, 0) is 9.47 Å². The van der Waals surface area contributed by atoms with E-state index in [4.69, 9.17) is 21.1 Å². The quantitative estimate of drug-likeness (QED) is 0.0555. The smallest absolute Gasteiger partial charge is 0.157 e. The molecule has 0 aromatic carbocycles. The minimum Gasteiger partial charge on any atom is -0.353 e. The first-order valence-electron chi connectivity index (χ1n) is 13.8. The molecule has 0 aliphatic carbocycles. The van der Waals surface area contributed by atoms with Crippen molar-refractivity contribution < 1.29 is 9.47 Å². The third kappa shape index (κ3) is 26.1. The van der Waals surface area contributed by atoms with Crippen molar-refractivity contribution in [2.24, 2.45) is 0 Å². The van der Waals surface area contributed by atoms with Gasteiger partial charge < -0.3 is 9.47 Å². The Morgan fingerprint density at radius 1 is 0.548 bits per heavy atom. The first kappa shape index (κ1) is 30.9. The Hall–Kier alpha value is -0.0500. The second-order valence-electron chi connectivity index (χ2n) is 9.00. The summed E-state index contributed by atoms with van der Waals surface area (Å²) in [6.45, 7) is 6.27. The van der Waals surface area contributed by atoms with Crippen LogP contribution in [-0.4, -0.2) is 25.4 Å². The Morgan fingerprint density at radius 3 is 1.55 bits per heavy atom. The van der Waals surface area contributed by atoms with Crippen LogP contribution >= 0.6 is 11.6 Å². The van der Waals surface area contributed by atoms with Gasteiger partial charge in [0, 0.05) is 19.1 Å². The van der Waals surface area contributed by atoms with Gasteiger partial charge in [0.25, 0.3) is 0 Å². The highest BCUT2D eigenvalue weighted by Crippen LogP contribution is 2.14. The van der Waals surface area contributed by atoms with E-state index in [9.17, 15) is 0 Å². The fourth-order valence-corrected chi connectivity index (χ4v) is 3.94. The molecule has 3 heteroatoms. The van der Waals surface area contributed by atoms with Crippen molar-refractivity contribution in [1.29, 1.82) is 0 Å². The van der Waals surface area contributed by atoms with Crippen LogP contribution < -0.4 is 0 Å². The fourth-order valence-electron chi connectivity index (χ4n) is 3.81. The van der Waals surface area contributed by atoms with Crippen LogP contribution in [0.3, 0.4) is 0 Å². The number of rotatable bonds is 26. The van der Waals surface area contributed by atoms with Gasteiger partial charge >= 0.3 is 0 Å². The van der Waals surface area contributed by atoms with E-state index in [1.165, 1.54) is 116 Å². The molecule has 0 rings (SSSR count). The zero-order valence-electron chi connectivity index (χ0n) is 21.2. The van der Waals surface area contributed by atoms with Crippen LogP contribution in [0.25, 0.3) is 0 Å². The minimum atomic E-state index is 0.0183. The summed E-state index contributed by atoms with van der Waals surface area (Å²) in [5.41, 5.74) is 0. The van der Waals surface area contributed by atoms with Gasteiger partial charge in [-0.15, -0.1) is 11.6 Å². The van der Waals surface area contributed by atoms with E-state index < -0.39 is 0 Å². The molecule has 0 amide bonds. The van der Waals surface area contributed by atoms with Gasteiger partial charge in [0.05, 0.1) is 0 Å². The number of hydrogen-bond donors (Lipinski definition) is 0. The van der Waals surface area contributed by atoms with E-state index in [0.717, 1.165) is 31.9 Å². The molecular weight excluding hydrogens is 404 g/mol. The lowest BCUT2D eigenvalue weighted by Gasteiger charge is -2.19. The van der Waals surface area contributed by atoms with Crippen molar-refractivity contribution in [2.75, 3.05) is 19.1 Å². The van der Waals surface area contributed by atoms with E-state index in [0.29, 0.717) is 0 Å². The van der Waals surface area contributed by atoms with Crippen LogP contribution in [0.1, 0.15) is 142 Å². The van der Waals surface area contributed by atoms with Crippen molar-refractivity contribution in [3.8, 4) is 0 Å². The molecule has 0 atom stereocenters. The summed E-state index contributed by atoms with van der Waals surface area (Å²) in [6, 6.07) is 0. The average molecular weight is 459 g/mol. The number of unbranched alkanes of at least 4 members (excludes halogenated alkanes) is 15. The van der Waals surface area contributed by atoms with Crippen molar-refractivity contribution in [3.05, 3.63) is 12.2 Å². The molecule has 0 radical (unpaired) electrons. The van der Waals surface area contributed by atoms with E-state index in [-0.39, 0.29) is 6.29 Å². The molecule has 0 bridgehead atoms. The standard InChI is InChI=1S/C28H55ClO2/c1-3-5-7-9-18-22-26-30-28(31-27-23-19-10-8-6-4-2)24-20-16-14-12-11-13-15-17-21-25-29/h15,17,28H,3-14,16,18-27H2,1-2H3/b17-15+. The molecule has 0 N–H and O–H groups in total. The molecule has 0 saturated heterocycles. The minimum absolute atomic E-state index is 0.0183. The van der Waals surface area contributed by atoms with Crippen molar-refractivity contribution in [2.45, 2.75) is 149 Å². The topological polar surface area (TPSA) is 18.5 Å². The molecule has 186 valence electrons. The van der Waals surface area contributed by atoms with Gasteiger partial charge in [0.2, 0.25) is 0 Å². The zero-order valence-corrected chi connectivity index (χ0v) is 21.9. The van der Waals surface area contributed by atoms with Crippen molar-refractivity contribution >= 4 is 11.6 Å². The third-order valence-corrected chi connectivity index (χ3v) is 6.07. The third-order valence-electron chi connectivity index (χ3n) is 5.86. The second kappa shape index (κ2) is 28.0. The summed E-state index contributed by atoms with van der Waals surface area (Å²) >= 11 is 5.68. The Balaban J connectivity index is 3.84. The highest BCUT2D eigenvalue weighted by atomic mass is 35.5. The molecule has 0 saturated carbocycles. The van der Waals surface area contributed by atoms with E-state index in [1.54, 1.807) is 0 Å². The maximum absolute atomic E-state index is 6.13. The van der Waals surface area contributed by atoms with E-state index in [2.05, 4.69) is 26.0 Å². The number of allylic oxidation sites excluding steroid dienone is 2. The molecule has 0 aliphatic heterocycles. The maximum Gasteiger partial charge on any atom is 0.157 e. The summed E-state index contributed by atoms with van der Waals surface area (Å²) < 4.78 is 12.3. The van der Waals surface area contributed by atoms with Crippen LogP contribution in [0.4, 0.5) is 0 Å². The molecule has 0 spiro atoms. The first-order chi connectivity index (χ1) is 15.3. The van der Waals surface area contributed by atoms with Gasteiger partial charge in [0.1, 0.15) is 0 Å². The summed E-state index contributed by atoms with van der Waals surface area (Å²) in [5, 5.41) is 0. The van der Waals surface area contributed by atoms with Gasteiger partial charge in [-0.2, -0.15) is 0 Å². The molecule has 0 heterocycles. The van der Waals surface area contributed by atoms with E-state index in [1.807, 2.05) is 0 Å². The lowest BCUT2D eigenvalue weighted by molar-refractivity contribution is -0.148. The molecule has 0 aromatic heterocycles. The Labute approximate surface area is 200 Å². The first-order valence-corrected chi connectivity index (χ1v) is 14.3. The Morgan fingerprint density at radius 2 is 1.00 bits per heavy atom. The Bertz CT molecular complexity index is 328. The van der Waals surface area contributed by atoms with Crippen LogP contribution in [0.5, 0.6) is 0 Å². The van der Waals surface area contributed by atoms with E-state index >= 15 is 0 Å². The SMILES string of the molecule is CCCCCCCCOC(CCCCCCC/C=C/CCCl)OCCCCCCCC. The lowest BCUT2D eigenvalue weighted by Crippen LogP contribution is -2.19. The summed E-state index contributed by atoms with van der Waals surface area (Å²) in [4.78, 5) is 0. The summed E-state index contributed by atoms with van der Waals surface area (Å²) in [5.74, 6) is 0.736. The molecule has 0 aromatic rings. The monoisotopic (exact) mass is 458 g/mol. The van der Waals surface area contributed by atoms with Crippen LogP contribution in [0.2, 0.25) is 0 Å². The van der Waals surface area contributed by atoms with Gasteiger partial charge in [0.15, 0.2) is 6.29 Å². The van der Waals surface area contributed by atoms with Crippen LogP contribution in [0, 0.1) is 0 Å². The van der Waals surface area contributed by atoms with Gasteiger partial charge in [-0.05, 0) is 44.9 Å². The Kier molecular flexibility index (Phi) is 27.9. The largest absolute Gasteiger partial charge is 0.353 e. The number of halogens is 1. The number of ether oxygens (including phenoxy) is 2. The zero-order chi connectivity index (χ0) is 22.7. The van der Waals surface area contributed by atoms with Gasteiger partial charge in [-0.3, -0.25) is 0 Å². The predicted octanol–water partition coefficient (Wildman–Crippen LogP) is 9.98. The number of hydrogen-bond acceptors (Lipinski definition) is 2. The number of alkyl halides is 1. The maximum atomic E-state index is 6.13. The van der Waals surface area contributed by atoms with Gasteiger partial charge in [-0.1, -0.05) is 109 Å². The summed E-state index contributed by atoms with van der Waals surface area (Å²) in [6.07, 6.45) is 30.0. The molecule has 31 heavy (non-hydrogen) atoms. The average Bonchev–Trinajstić information content (AvgIpc) is 2.78. The fraction of sp³-hybridized carbons (Fsp3) is 0.929. The molecule has 0 unspecified atom stereocenters. The molecule has 0 aliphatic rings. The second-order valence-corrected chi connectivity index (χ2v) is 9.38. The summed E-state index contributed by atoms with van der Waals surface area (Å²) in [7, 11) is 0.